The van der Waals surface area contributed by atoms with Crippen LogP contribution in [0.5, 0.6) is 5.75 Å². The standard InChI is InChI=1S/C25H27N5O3S.C2H6/c1-15(2)32-22-11-8-16(12-17(22)13-26)25-27-24(28-33-25)20-7-5-6-19-18(20)9-10-21(19)29-34-14-23(31)30(3)4;1-2/h5-8,11-12,15,21,29H,9-10,14H2,1-4H3;1-2H3. The molecule has 1 aromatic heterocycles. The topological polar surface area (TPSA) is 104 Å². The summed E-state index contributed by atoms with van der Waals surface area (Å²) in [5.41, 5.74) is 4.40. The number of nitrogens with zero attached hydrogens (tertiary/aromatic N) is 4. The molecule has 4 rings (SSSR count). The summed E-state index contributed by atoms with van der Waals surface area (Å²) < 4.78 is 14.7. The van der Waals surface area contributed by atoms with Crippen LogP contribution >= 0.6 is 11.9 Å². The first-order chi connectivity index (χ1) is 17.4. The van der Waals surface area contributed by atoms with Crippen LogP contribution in [-0.4, -0.2) is 46.9 Å². The van der Waals surface area contributed by atoms with Crippen LogP contribution < -0.4 is 9.46 Å². The predicted octanol–water partition coefficient (Wildman–Crippen LogP) is 5.40. The maximum atomic E-state index is 11.8. The van der Waals surface area contributed by atoms with E-state index in [0.29, 0.717) is 34.3 Å². The molecule has 9 heteroatoms. The Morgan fingerprint density at radius 3 is 2.78 bits per heavy atom. The van der Waals surface area contributed by atoms with E-state index in [2.05, 4.69) is 27.0 Å². The van der Waals surface area contributed by atoms with Gasteiger partial charge in [-0.25, -0.2) is 0 Å². The number of carbonyl (C=O) groups excluding carboxylic acids is 1. The average Bonchev–Trinajstić information content (AvgIpc) is 3.53. The lowest BCUT2D eigenvalue weighted by Gasteiger charge is -2.15. The SMILES string of the molecule is CC.CC(C)Oc1ccc(-c2nc(-c3cccc4c3CCC4NSCC(=O)N(C)C)no2)cc1C#N. The zero-order valence-electron chi connectivity index (χ0n) is 21.7. The highest BCUT2D eigenvalue weighted by Crippen LogP contribution is 2.38. The summed E-state index contributed by atoms with van der Waals surface area (Å²) in [6, 6.07) is 13.7. The Kier molecular flexibility index (Phi) is 9.51. The van der Waals surface area contributed by atoms with Gasteiger partial charge in [0.15, 0.2) is 0 Å². The molecule has 8 nitrogen and oxygen atoms in total. The maximum absolute atomic E-state index is 11.8. The molecule has 0 spiro atoms. The van der Waals surface area contributed by atoms with Crippen LogP contribution in [0.15, 0.2) is 40.9 Å². The van der Waals surface area contributed by atoms with Gasteiger partial charge in [0.25, 0.3) is 5.89 Å². The predicted molar refractivity (Wildman–Crippen MR) is 142 cm³/mol. The number of hydrogen-bond donors (Lipinski definition) is 1. The van der Waals surface area contributed by atoms with Gasteiger partial charge in [-0.2, -0.15) is 10.2 Å². The fourth-order valence-electron chi connectivity index (χ4n) is 3.88. The fourth-order valence-corrected chi connectivity index (χ4v) is 4.79. The van der Waals surface area contributed by atoms with Gasteiger partial charge < -0.3 is 14.2 Å². The van der Waals surface area contributed by atoms with Gasteiger partial charge in [-0.15, -0.1) is 0 Å². The smallest absolute Gasteiger partial charge is 0.258 e. The molecule has 0 radical (unpaired) electrons. The van der Waals surface area contributed by atoms with Crippen molar-refractivity contribution in [1.29, 1.82) is 5.26 Å². The van der Waals surface area contributed by atoms with Crippen molar-refractivity contribution in [1.82, 2.24) is 19.8 Å². The van der Waals surface area contributed by atoms with Gasteiger partial charge in [0.2, 0.25) is 11.7 Å². The normalized spacial score (nSPS) is 14.0. The van der Waals surface area contributed by atoms with E-state index >= 15 is 0 Å². The van der Waals surface area contributed by atoms with E-state index in [1.54, 1.807) is 31.1 Å². The highest BCUT2D eigenvalue weighted by molar-refractivity contribution is 7.98. The van der Waals surface area contributed by atoms with Crippen molar-refractivity contribution in [2.24, 2.45) is 0 Å². The molecule has 0 saturated carbocycles. The van der Waals surface area contributed by atoms with E-state index in [1.165, 1.54) is 23.1 Å². The molecule has 1 atom stereocenters. The molecule has 1 N–H and O–H groups in total. The van der Waals surface area contributed by atoms with Gasteiger partial charge in [0.1, 0.15) is 11.8 Å². The second-order valence-corrected chi connectivity index (χ2v) is 9.38. The van der Waals surface area contributed by atoms with Crippen molar-refractivity contribution in [2.75, 3.05) is 19.8 Å². The van der Waals surface area contributed by atoms with Crippen LogP contribution in [-0.2, 0) is 11.2 Å². The summed E-state index contributed by atoms with van der Waals surface area (Å²) in [7, 11) is 3.52. The van der Waals surface area contributed by atoms with Crippen molar-refractivity contribution in [2.45, 2.75) is 52.7 Å². The third-order valence-electron chi connectivity index (χ3n) is 5.57. The lowest BCUT2D eigenvalue weighted by molar-refractivity contribution is -0.125. The minimum absolute atomic E-state index is 0.0293. The summed E-state index contributed by atoms with van der Waals surface area (Å²) in [5.74, 6) is 1.87. The highest BCUT2D eigenvalue weighted by atomic mass is 32.2. The van der Waals surface area contributed by atoms with Gasteiger partial charge in [0, 0.05) is 31.3 Å². The second-order valence-electron chi connectivity index (χ2n) is 8.57. The maximum Gasteiger partial charge on any atom is 0.258 e. The minimum Gasteiger partial charge on any atom is -0.490 e. The van der Waals surface area contributed by atoms with Crippen LogP contribution in [0.1, 0.15) is 56.8 Å². The lowest BCUT2D eigenvalue weighted by Crippen LogP contribution is -2.25. The Morgan fingerprint density at radius 1 is 1.31 bits per heavy atom. The number of hydrogen-bond acceptors (Lipinski definition) is 8. The number of carbonyl (C=O) groups is 1. The first-order valence-corrected chi connectivity index (χ1v) is 13.1. The first kappa shape index (κ1) is 27.2. The quantitative estimate of drug-likeness (QED) is 0.404. The molecular formula is C27H33N5O3S. The average molecular weight is 508 g/mol. The van der Waals surface area contributed by atoms with Crippen molar-refractivity contribution in [3.8, 4) is 34.7 Å². The molecule has 2 aromatic carbocycles. The molecule has 36 heavy (non-hydrogen) atoms. The molecule has 1 amide bonds. The van der Waals surface area contributed by atoms with E-state index in [9.17, 15) is 10.1 Å². The van der Waals surface area contributed by atoms with Gasteiger partial charge in [-0.1, -0.05) is 49.2 Å². The number of amides is 1. The number of nitrogens with one attached hydrogen (secondary N) is 1. The van der Waals surface area contributed by atoms with E-state index in [4.69, 9.17) is 9.26 Å². The number of ether oxygens (including phenoxy) is 1. The van der Waals surface area contributed by atoms with Crippen LogP contribution in [0, 0.1) is 11.3 Å². The molecule has 0 fully saturated rings. The number of nitriles is 1. The molecule has 1 unspecified atom stereocenters. The largest absolute Gasteiger partial charge is 0.490 e. The monoisotopic (exact) mass is 507 g/mol. The summed E-state index contributed by atoms with van der Waals surface area (Å²) in [5, 5.41) is 13.7. The van der Waals surface area contributed by atoms with E-state index < -0.39 is 0 Å². The summed E-state index contributed by atoms with van der Waals surface area (Å²) >= 11 is 1.43. The zero-order valence-corrected chi connectivity index (χ0v) is 22.5. The van der Waals surface area contributed by atoms with Crippen molar-refractivity contribution >= 4 is 17.9 Å². The van der Waals surface area contributed by atoms with E-state index in [1.807, 2.05) is 45.9 Å². The summed E-state index contributed by atoms with van der Waals surface area (Å²) in [4.78, 5) is 18.1. The van der Waals surface area contributed by atoms with E-state index in [0.717, 1.165) is 18.4 Å². The number of benzene rings is 2. The zero-order chi connectivity index (χ0) is 26.2. The Labute approximate surface area is 217 Å². The van der Waals surface area contributed by atoms with Gasteiger partial charge in [-0.3, -0.25) is 9.52 Å². The van der Waals surface area contributed by atoms with Crippen LogP contribution in [0.4, 0.5) is 0 Å². The number of aromatic nitrogens is 2. The number of fused-ring (bicyclic) bond motifs is 1. The molecule has 1 aliphatic carbocycles. The van der Waals surface area contributed by atoms with Crippen LogP contribution in [0.25, 0.3) is 22.8 Å². The van der Waals surface area contributed by atoms with Crippen LogP contribution in [0.3, 0.4) is 0 Å². The summed E-state index contributed by atoms with van der Waals surface area (Å²) in [6.45, 7) is 7.83. The first-order valence-electron chi connectivity index (χ1n) is 12.1. The lowest BCUT2D eigenvalue weighted by atomic mass is 10.0. The van der Waals surface area contributed by atoms with Gasteiger partial charge in [-0.05, 0) is 56.0 Å². The van der Waals surface area contributed by atoms with E-state index in [-0.39, 0.29) is 18.1 Å². The Hall–Kier alpha value is -3.35. The molecule has 3 aromatic rings. The molecule has 0 bridgehead atoms. The van der Waals surface area contributed by atoms with Crippen molar-refractivity contribution < 1.29 is 14.1 Å². The van der Waals surface area contributed by atoms with Crippen molar-refractivity contribution in [3.63, 3.8) is 0 Å². The summed E-state index contributed by atoms with van der Waals surface area (Å²) in [6.07, 6.45) is 1.79. The fraction of sp³-hybridized carbons (Fsp3) is 0.407. The second kappa shape index (κ2) is 12.6. The van der Waals surface area contributed by atoms with Crippen LogP contribution in [0.2, 0.25) is 0 Å². The third-order valence-corrected chi connectivity index (χ3v) is 6.41. The Bertz CT molecular complexity index is 1230. The molecule has 0 aliphatic heterocycles. The minimum atomic E-state index is -0.0293. The van der Waals surface area contributed by atoms with Crippen molar-refractivity contribution in [3.05, 3.63) is 53.1 Å². The molecule has 1 aliphatic rings. The molecule has 0 saturated heterocycles. The van der Waals surface area contributed by atoms with Gasteiger partial charge in [0.05, 0.1) is 17.4 Å². The number of rotatable bonds is 8. The van der Waals surface area contributed by atoms with Gasteiger partial charge >= 0.3 is 0 Å². The highest BCUT2D eigenvalue weighted by Gasteiger charge is 2.27. The molecule has 1 heterocycles. The Morgan fingerprint density at radius 2 is 2.08 bits per heavy atom. The third kappa shape index (κ3) is 6.25. The Balaban J connectivity index is 0.00000176. The molecular weight excluding hydrogens is 474 g/mol. The molecule has 190 valence electrons.